The van der Waals surface area contributed by atoms with Gasteiger partial charge in [0.15, 0.2) is 11.6 Å². The number of Topliss-reactive ketones (excluding diaryl/α,β-unsaturated/α-hetero) is 2. The molecule has 0 radical (unpaired) electrons. The monoisotopic (exact) mass is 617 g/mol. The van der Waals surface area contributed by atoms with Crippen molar-refractivity contribution in [1.29, 1.82) is 0 Å². The minimum Gasteiger partial charge on any atom is -0.457 e. The van der Waals surface area contributed by atoms with Crippen LogP contribution in [0.1, 0.15) is 81.5 Å². The van der Waals surface area contributed by atoms with Gasteiger partial charge >= 0.3 is 5.97 Å². The van der Waals surface area contributed by atoms with Gasteiger partial charge in [0, 0.05) is 30.8 Å². The zero-order valence-corrected chi connectivity index (χ0v) is 25.9. The number of benzene rings is 2. The molecule has 0 aliphatic rings. The third kappa shape index (κ3) is 10.1. The summed E-state index contributed by atoms with van der Waals surface area (Å²) in [5.41, 5.74) is 19.4. The van der Waals surface area contributed by atoms with Gasteiger partial charge in [0.1, 0.15) is 12.3 Å². The lowest BCUT2D eigenvalue weighted by Crippen LogP contribution is -2.44. The molecule has 0 bridgehead atoms. The van der Waals surface area contributed by atoms with Crippen LogP contribution in [0.2, 0.25) is 0 Å². The van der Waals surface area contributed by atoms with Crippen LogP contribution in [0, 0.1) is 5.92 Å². The molecule has 2 aromatic carbocycles. The maximum atomic E-state index is 13.5. The van der Waals surface area contributed by atoms with Crippen LogP contribution in [0.15, 0.2) is 66.9 Å². The van der Waals surface area contributed by atoms with Crippen LogP contribution in [-0.2, 0) is 29.1 Å². The van der Waals surface area contributed by atoms with Crippen LogP contribution in [0.25, 0.3) is 0 Å². The lowest BCUT2D eigenvalue weighted by Gasteiger charge is -2.21. The standard InChI is InChI=1S/C34H43N5O6/c1-20(2)30(37)33(43)39-17-26-27(34(44)45-19-23-12-8-5-9-13-23)18-38-31(29(26)32(42)21(3)35)28(41)16-25(40)15-24(36)14-22-10-6-4-7-11-22/h4-13,18,20-21,24-25,30,40H,14-17,19,35-37H2,1-3H3,(H,39,43)/t21-,24?,25?,30-/m0/s1. The third-order valence-electron chi connectivity index (χ3n) is 7.34. The first kappa shape index (κ1) is 35.2. The summed E-state index contributed by atoms with van der Waals surface area (Å²) >= 11 is 0. The molecule has 4 atom stereocenters. The van der Waals surface area contributed by atoms with Crippen LogP contribution in [-0.4, -0.2) is 57.8 Å². The second kappa shape index (κ2) is 16.7. The summed E-state index contributed by atoms with van der Waals surface area (Å²) in [6.45, 7) is 4.61. The summed E-state index contributed by atoms with van der Waals surface area (Å²) in [6, 6.07) is 16.1. The molecule has 11 nitrogen and oxygen atoms in total. The first-order valence-electron chi connectivity index (χ1n) is 15.0. The lowest BCUT2D eigenvalue weighted by atomic mass is 9.91. The van der Waals surface area contributed by atoms with Crippen molar-refractivity contribution in [2.45, 2.75) is 77.4 Å². The van der Waals surface area contributed by atoms with E-state index >= 15 is 0 Å². The van der Waals surface area contributed by atoms with E-state index in [1.54, 1.807) is 38.1 Å². The number of rotatable bonds is 16. The van der Waals surface area contributed by atoms with E-state index in [0.717, 1.165) is 17.3 Å². The van der Waals surface area contributed by atoms with Crippen molar-refractivity contribution in [2.24, 2.45) is 23.1 Å². The number of pyridine rings is 1. The fourth-order valence-electron chi connectivity index (χ4n) is 4.75. The predicted octanol–water partition coefficient (Wildman–Crippen LogP) is 2.46. The predicted molar refractivity (Wildman–Crippen MR) is 170 cm³/mol. The van der Waals surface area contributed by atoms with E-state index < -0.39 is 47.7 Å². The molecule has 45 heavy (non-hydrogen) atoms. The van der Waals surface area contributed by atoms with Crippen molar-refractivity contribution in [3.63, 3.8) is 0 Å². The number of aliphatic hydroxyl groups is 1. The van der Waals surface area contributed by atoms with Gasteiger partial charge in [-0.3, -0.25) is 19.4 Å². The summed E-state index contributed by atoms with van der Waals surface area (Å²) in [5.74, 6) is -2.83. The minimum atomic E-state index is -1.13. The quantitative estimate of drug-likeness (QED) is 0.117. The molecule has 8 N–H and O–H groups in total. The Kier molecular flexibility index (Phi) is 13.1. The Morgan fingerprint density at radius 1 is 0.911 bits per heavy atom. The number of hydrogen-bond acceptors (Lipinski definition) is 10. The number of carbonyl (C=O) groups excluding carboxylic acids is 4. The molecule has 0 aliphatic heterocycles. The average molecular weight is 618 g/mol. The number of ketones is 2. The van der Waals surface area contributed by atoms with Gasteiger partial charge in [0.05, 0.1) is 29.3 Å². The highest BCUT2D eigenvalue weighted by atomic mass is 16.5. The van der Waals surface area contributed by atoms with Crippen molar-refractivity contribution in [3.8, 4) is 0 Å². The number of carbonyl (C=O) groups is 4. The molecule has 240 valence electrons. The van der Waals surface area contributed by atoms with Crippen molar-refractivity contribution in [1.82, 2.24) is 10.3 Å². The fraction of sp³-hybridized carbons (Fsp3) is 0.382. The van der Waals surface area contributed by atoms with Crippen molar-refractivity contribution in [3.05, 3.63) is 100 Å². The molecular formula is C34H43N5O6. The molecule has 0 saturated carbocycles. The minimum absolute atomic E-state index is 0.0216. The molecule has 0 fully saturated rings. The van der Waals surface area contributed by atoms with Crippen molar-refractivity contribution < 1.29 is 29.0 Å². The number of aliphatic hydroxyl groups excluding tert-OH is 1. The summed E-state index contributed by atoms with van der Waals surface area (Å²) < 4.78 is 5.50. The first-order chi connectivity index (χ1) is 21.4. The Morgan fingerprint density at radius 2 is 1.51 bits per heavy atom. The largest absolute Gasteiger partial charge is 0.457 e. The molecule has 3 rings (SSSR count). The third-order valence-corrected chi connectivity index (χ3v) is 7.34. The van der Waals surface area contributed by atoms with Gasteiger partial charge in [0.25, 0.3) is 0 Å². The van der Waals surface area contributed by atoms with Gasteiger partial charge in [0.2, 0.25) is 5.91 Å². The summed E-state index contributed by atoms with van der Waals surface area (Å²) in [7, 11) is 0. The summed E-state index contributed by atoms with van der Waals surface area (Å²) in [5, 5.41) is 13.4. The van der Waals surface area contributed by atoms with Crippen LogP contribution >= 0.6 is 0 Å². The van der Waals surface area contributed by atoms with Crippen LogP contribution in [0.5, 0.6) is 0 Å². The topological polar surface area (TPSA) is 201 Å². The molecule has 1 heterocycles. The molecule has 1 amide bonds. The highest BCUT2D eigenvalue weighted by Gasteiger charge is 2.31. The zero-order chi connectivity index (χ0) is 33.1. The Morgan fingerprint density at radius 3 is 2.09 bits per heavy atom. The molecule has 1 aromatic heterocycles. The van der Waals surface area contributed by atoms with E-state index in [1.165, 1.54) is 6.92 Å². The lowest BCUT2D eigenvalue weighted by molar-refractivity contribution is -0.123. The van der Waals surface area contributed by atoms with E-state index in [2.05, 4.69) is 10.3 Å². The molecule has 0 saturated heterocycles. The fourth-order valence-corrected chi connectivity index (χ4v) is 4.75. The Bertz CT molecular complexity index is 1460. The highest BCUT2D eigenvalue weighted by Crippen LogP contribution is 2.23. The maximum Gasteiger partial charge on any atom is 0.340 e. The number of nitrogens with zero attached hydrogens (tertiary/aromatic N) is 1. The van der Waals surface area contributed by atoms with E-state index in [-0.39, 0.29) is 54.3 Å². The van der Waals surface area contributed by atoms with Gasteiger partial charge < -0.3 is 32.4 Å². The van der Waals surface area contributed by atoms with Gasteiger partial charge in [-0.2, -0.15) is 0 Å². The molecule has 3 aromatic rings. The van der Waals surface area contributed by atoms with E-state index in [1.807, 2.05) is 36.4 Å². The molecular weight excluding hydrogens is 574 g/mol. The average Bonchev–Trinajstić information content (AvgIpc) is 3.01. The second-order valence-corrected chi connectivity index (χ2v) is 11.5. The van der Waals surface area contributed by atoms with Gasteiger partial charge in [-0.25, -0.2) is 4.79 Å². The maximum absolute atomic E-state index is 13.5. The molecule has 2 unspecified atom stereocenters. The number of nitrogens with one attached hydrogen (secondary N) is 1. The molecule has 0 spiro atoms. The Balaban J connectivity index is 1.94. The SMILES string of the molecule is CC(C)[C@H](N)C(=O)NCc1c(C(=O)OCc2ccccc2)cnc(C(=O)CC(O)CC(N)Cc2ccccc2)c1C(=O)[C@H](C)N. The summed E-state index contributed by atoms with van der Waals surface area (Å²) in [6.07, 6.45) is 0.253. The first-order valence-corrected chi connectivity index (χ1v) is 15.0. The van der Waals surface area contributed by atoms with E-state index in [0.29, 0.717) is 6.42 Å². The van der Waals surface area contributed by atoms with Gasteiger partial charge in [-0.05, 0) is 36.8 Å². The highest BCUT2D eigenvalue weighted by molar-refractivity contribution is 6.12. The van der Waals surface area contributed by atoms with Crippen LogP contribution in [0.3, 0.4) is 0 Å². The van der Waals surface area contributed by atoms with Gasteiger partial charge in [-0.15, -0.1) is 0 Å². The number of ether oxygens (including phenoxy) is 1. The Hall–Kier alpha value is -4.29. The van der Waals surface area contributed by atoms with Crippen LogP contribution in [0.4, 0.5) is 0 Å². The number of nitrogens with two attached hydrogens (primary N) is 3. The number of aromatic nitrogens is 1. The smallest absolute Gasteiger partial charge is 0.340 e. The zero-order valence-electron chi connectivity index (χ0n) is 25.9. The van der Waals surface area contributed by atoms with Crippen LogP contribution < -0.4 is 22.5 Å². The Labute approximate surface area is 263 Å². The molecule has 0 aliphatic carbocycles. The summed E-state index contributed by atoms with van der Waals surface area (Å²) in [4.78, 5) is 57.3. The number of esters is 1. The molecule has 11 heteroatoms. The van der Waals surface area contributed by atoms with E-state index in [4.69, 9.17) is 21.9 Å². The van der Waals surface area contributed by atoms with E-state index in [9.17, 15) is 24.3 Å². The van der Waals surface area contributed by atoms with Gasteiger partial charge in [-0.1, -0.05) is 74.5 Å². The van der Waals surface area contributed by atoms with Crippen molar-refractivity contribution in [2.75, 3.05) is 0 Å². The second-order valence-electron chi connectivity index (χ2n) is 11.5. The normalized spacial score (nSPS) is 13.9. The number of hydrogen-bond donors (Lipinski definition) is 5. The van der Waals surface area contributed by atoms with Crippen molar-refractivity contribution >= 4 is 23.4 Å². The number of amides is 1.